The zero-order valence-electron chi connectivity index (χ0n) is 10.7. The lowest BCUT2D eigenvalue weighted by molar-refractivity contribution is -0.126. The normalized spacial score (nSPS) is 19.1. The molecule has 1 fully saturated rings. The monoisotopic (exact) mass is 241 g/mol. The molecule has 0 aromatic carbocycles. The van der Waals surface area contributed by atoms with Gasteiger partial charge in [0.1, 0.15) is 5.41 Å². The van der Waals surface area contributed by atoms with E-state index in [4.69, 9.17) is 10.9 Å². The molecule has 0 radical (unpaired) electrons. The highest BCUT2D eigenvalue weighted by molar-refractivity contribution is 6.05. The number of nitrogens with two attached hydrogens (primary N) is 1. The molecule has 1 aliphatic rings. The number of amides is 1. The first-order chi connectivity index (χ1) is 7.98. The quantitative estimate of drug-likeness (QED) is 0.301. The molecule has 0 saturated heterocycles. The fourth-order valence-electron chi connectivity index (χ4n) is 2.09. The first kappa shape index (κ1) is 13.8. The van der Waals surface area contributed by atoms with E-state index < -0.39 is 5.41 Å². The Kier molecular flexibility index (Phi) is 4.78. The van der Waals surface area contributed by atoms with Crippen LogP contribution in [-0.4, -0.2) is 23.5 Å². The number of nitrogens with zero attached hydrogens (tertiary/aromatic N) is 1. The van der Waals surface area contributed by atoms with Gasteiger partial charge in [0.15, 0.2) is 5.84 Å². The maximum atomic E-state index is 11.9. The number of hydrogen-bond acceptors (Lipinski definition) is 3. The van der Waals surface area contributed by atoms with Crippen LogP contribution in [-0.2, 0) is 4.79 Å². The maximum Gasteiger partial charge on any atom is 0.233 e. The SMILES string of the molecule is CC(C)(C(=O)NCC1CCCCC1)C(N)=NO. The largest absolute Gasteiger partial charge is 0.409 e. The van der Waals surface area contributed by atoms with Crippen molar-refractivity contribution in [2.75, 3.05) is 6.54 Å². The van der Waals surface area contributed by atoms with Gasteiger partial charge in [-0.2, -0.15) is 0 Å². The Bertz CT molecular complexity index is 294. The second kappa shape index (κ2) is 5.89. The van der Waals surface area contributed by atoms with Crippen LogP contribution in [0.4, 0.5) is 0 Å². The fraction of sp³-hybridized carbons (Fsp3) is 0.833. The van der Waals surface area contributed by atoms with Crippen LogP contribution in [0.15, 0.2) is 5.16 Å². The topological polar surface area (TPSA) is 87.7 Å². The number of rotatable bonds is 4. The van der Waals surface area contributed by atoms with E-state index in [-0.39, 0.29) is 11.7 Å². The van der Waals surface area contributed by atoms with E-state index in [0.29, 0.717) is 12.5 Å². The van der Waals surface area contributed by atoms with Gasteiger partial charge in [0, 0.05) is 6.54 Å². The molecule has 5 heteroatoms. The van der Waals surface area contributed by atoms with E-state index in [1.807, 2.05) is 0 Å². The van der Waals surface area contributed by atoms with Crippen molar-refractivity contribution in [3.05, 3.63) is 0 Å². The minimum atomic E-state index is -0.955. The van der Waals surface area contributed by atoms with Gasteiger partial charge >= 0.3 is 0 Å². The molecule has 0 heterocycles. The van der Waals surface area contributed by atoms with Crippen LogP contribution < -0.4 is 11.1 Å². The standard InChI is InChI=1S/C12H23N3O2/c1-12(2,10(13)15-17)11(16)14-8-9-6-4-3-5-7-9/h9,17H,3-8H2,1-2H3,(H2,13,15)(H,14,16). The molecule has 1 saturated carbocycles. The van der Waals surface area contributed by atoms with Gasteiger partial charge in [0.2, 0.25) is 5.91 Å². The molecule has 1 amide bonds. The number of oxime groups is 1. The number of hydrogen-bond donors (Lipinski definition) is 3. The average molecular weight is 241 g/mol. The summed E-state index contributed by atoms with van der Waals surface area (Å²) in [5, 5.41) is 14.4. The van der Waals surface area contributed by atoms with Crippen LogP contribution in [0.25, 0.3) is 0 Å². The Morgan fingerprint density at radius 2 is 2.00 bits per heavy atom. The molecule has 1 aliphatic carbocycles. The number of carbonyl (C=O) groups excluding carboxylic acids is 1. The molecule has 17 heavy (non-hydrogen) atoms. The number of amidine groups is 1. The van der Waals surface area contributed by atoms with Crippen LogP contribution in [0.5, 0.6) is 0 Å². The number of carbonyl (C=O) groups is 1. The van der Waals surface area contributed by atoms with Gasteiger partial charge in [-0.1, -0.05) is 24.4 Å². The van der Waals surface area contributed by atoms with E-state index >= 15 is 0 Å². The minimum absolute atomic E-state index is 0.0568. The van der Waals surface area contributed by atoms with Crippen molar-refractivity contribution in [2.45, 2.75) is 46.0 Å². The summed E-state index contributed by atoms with van der Waals surface area (Å²) in [6, 6.07) is 0. The van der Waals surface area contributed by atoms with Crippen LogP contribution in [0, 0.1) is 11.3 Å². The van der Waals surface area contributed by atoms with Gasteiger partial charge in [-0.25, -0.2) is 0 Å². The molecule has 0 spiro atoms. The van der Waals surface area contributed by atoms with Crippen molar-refractivity contribution in [3.8, 4) is 0 Å². The third kappa shape index (κ3) is 3.61. The first-order valence-corrected chi connectivity index (χ1v) is 6.24. The highest BCUT2D eigenvalue weighted by Crippen LogP contribution is 2.23. The molecule has 0 aliphatic heterocycles. The number of nitrogens with one attached hydrogen (secondary N) is 1. The molecule has 0 aromatic rings. The summed E-state index contributed by atoms with van der Waals surface area (Å²) in [5.74, 6) is 0.341. The Hall–Kier alpha value is -1.26. The fourth-order valence-corrected chi connectivity index (χ4v) is 2.09. The van der Waals surface area contributed by atoms with E-state index in [0.717, 1.165) is 0 Å². The van der Waals surface area contributed by atoms with Gasteiger partial charge in [0.25, 0.3) is 0 Å². The first-order valence-electron chi connectivity index (χ1n) is 6.24. The lowest BCUT2D eigenvalue weighted by atomic mass is 9.88. The van der Waals surface area contributed by atoms with E-state index in [2.05, 4.69) is 10.5 Å². The molecule has 0 atom stereocenters. The van der Waals surface area contributed by atoms with Crippen molar-refractivity contribution in [3.63, 3.8) is 0 Å². The molecule has 4 N–H and O–H groups in total. The molecule has 0 aromatic heterocycles. The van der Waals surface area contributed by atoms with E-state index in [9.17, 15) is 4.79 Å². The molecule has 1 rings (SSSR count). The molecule has 0 unspecified atom stereocenters. The molecular weight excluding hydrogens is 218 g/mol. The predicted octanol–water partition coefficient (Wildman–Crippen LogP) is 1.46. The van der Waals surface area contributed by atoms with Gasteiger partial charge in [-0.15, -0.1) is 0 Å². The zero-order chi connectivity index (χ0) is 12.9. The summed E-state index contributed by atoms with van der Waals surface area (Å²) in [6.45, 7) is 4.00. The highest BCUT2D eigenvalue weighted by atomic mass is 16.4. The van der Waals surface area contributed by atoms with E-state index in [1.165, 1.54) is 32.1 Å². The van der Waals surface area contributed by atoms with Crippen LogP contribution in [0.1, 0.15) is 46.0 Å². The van der Waals surface area contributed by atoms with Crippen molar-refractivity contribution in [2.24, 2.45) is 22.2 Å². The molecule has 5 nitrogen and oxygen atoms in total. The lowest BCUT2D eigenvalue weighted by Gasteiger charge is -2.26. The summed E-state index contributed by atoms with van der Waals surface area (Å²) in [6.07, 6.45) is 6.18. The molecule has 98 valence electrons. The maximum absolute atomic E-state index is 11.9. The van der Waals surface area contributed by atoms with Crippen LogP contribution in [0.3, 0.4) is 0 Å². The Balaban J connectivity index is 2.43. The summed E-state index contributed by atoms with van der Waals surface area (Å²) in [5.41, 5.74) is 4.54. The Morgan fingerprint density at radius 1 is 1.41 bits per heavy atom. The Morgan fingerprint density at radius 3 is 2.53 bits per heavy atom. The minimum Gasteiger partial charge on any atom is -0.409 e. The molecular formula is C12H23N3O2. The predicted molar refractivity (Wildman–Crippen MR) is 66.8 cm³/mol. The summed E-state index contributed by atoms with van der Waals surface area (Å²) < 4.78 is 0. The van der Waals surface area contributed by atoms with Gasteiger partial charge in [-0.05, 0) is 32.6 Å². The zero-order valence-corrected chi connectivity index (χ0v) is 10.7. The molecule has 0 bridgehead atoms. The van der Waals surface area contributed by atoms with Crippen LogP contribution in [0.2, 0.25) is 0 Å². The third-order valence-corrected chi connectivity index (χ3v) is 3.59. The lowest BCUT2D eigenvalue weighted by Crippen LogP contribution is -2.47. The third-order valence-electron chi connectivity index (χ3n) is 3.59. The van der Waals surface area contributed by atoms with Crippen molar-refractivity contribution in [1.82, 2.24) is 5.32 Å². The summed E-state index contributed by atoms with van der Waals surface area (Å²) in [7, 11) is 0. The van der Waals surface area contributed by atoms with Crippen molar-refractivity contribution >= 4 is 11.7 Å². The van der Waals surface area contributed by atoms with Gasteiger partial charge in [0.05, 0.1) is 0 Å². The smallest absolute Gasteiger partial charge is 0.233 e. The average Bonchev–Trinajstić information content (AvgIpc) is 2.35. The van der Waals surface area contributed by atoms with Crippen molar-refractivity contribution < 1.29 is 10.0 Å². The van der Waals surface area contributed by atoms with Gasteiger partial charge in [-0.3, -0.25) is 4.79 Å². The second-order valence-corrected chi connectivity index (χ2v) is 5.32. The summed E-state index contributed by atoms with van der Waals surface area (Å²) >= 11 is 0. The highest BCUT2D eigenvalue weighted by Gasteiger charge is 2.32. The van der Waals surface area contributed by atoms with Crippen LogP contribution >= 0.6 is 0 Å². The summed E-state index contributed by atoms with van der Waals surface area (Å²) in [4.78, 5) is 11.9. The second-order valence-electron chi connectivity index (χ2n) is 5.32. The van der Waals surface area contributed by atoms with Gasteiger partial charge < -0.3 is 16.3 Å². The van der Waals surface area contributed by atoms with Crippen molar-refractivity contribution in [1.29, 1.82) is 0 Å². The Labute approximate surface area is 102 Å². The van der Waals surface area contributed by atoms with E-state index in [1.54, 1.807) is 13.8 Å².